The molecule has 0 bridgehead atoms. The molecule has 12 nitrogen and oxygen atoms in total. The fourth-order valence-electron chi connectivity index (χ4n) is 4.31. The molecule has 0 spiro atoms. The molecule has 0 saturated carbocycles. The number of amides is 2. The van der Waals surface area contributed by atoms with Crippen molar-refractivity contribution in [2.45, 2.75) is 19.4 Å². The normalized spacial score (nSPS) is 17.4. The topological polar surface area (TPSA) is 129 Å². The van der Waals surface area contributed by atoms with Gasteiger partial charge in [-0.1, -0.05) is 0 Å². The summed E-state index contributed by atoms with van der Waals surface area (Å²) in [5.41, 5.74) is 0.135. The Balaban J connectivity index is 1.30. The van der Waals surface area contributed by atoms with Crippen molar-refractivity contribution in [1.82, 2.24) is 34.2 Å². The van der Waals surface area contributed by atoms with Gasteiger partial charge >= 0.3 is 11.7 Å². The highest BCUT2D eigenvalue weighted by Gasteiger charge is 2.34. The molecular weight excluding hydrogens is 486 g/mol. The number of hydrogen-bond donors (Lipinski definition) is 0. The predicted octanol–water partition coefficient (Wildman–Crippen LogP) is 1.49. The lowest BCUT2D eigenvalue weighted by atomic mass is 10.0. The number of aromatic nitrogens is 5. The largest absolute Gasteiger partial charge is 0.352 e. The number of nitriles is 1. The number of carbonyl (C=O) groups is 1. The highest BCUT2D eigenvalue weighted by molar-refractivity contribution is 5.78. The third-order valence-electron chi connectivity index (χ3n) is 6.40. The molecule has 4 heterocycles. The Morgan fingerprint density at radius 2 is 1.92 bits per heavy atom. The maximum absolute atomic E-state index is 14.5. The van der Waals surface area contributed by atoms with Gasteiger partial charge in [0.25, 0.3) is 0 Å². The fraction of sp³-hybridized carbons (Fsp3) is 0.348. The molecule has 5 rings (SSSR count). The van der Waals surface area contributed by atoms with E-state index in [0.717, 1.165) is 16.9 Å². The van der Waals surface area contributed by atoms with E-state index in [4.69, 9.17) is 5.26 Å². The highest BCUT2D eigenvalue weighted by Crippen LogP contribution is 2.30. The molecule has 1 fully saturated rings. The number of piperazine rings is 1. The van der Waals surface area contributed by atoms with Crippen LogP contribution in [0.5, 0.6) is 0 Å². The van der Waals surface area contributed by atoms with Crippen molar-refractivity contribution < 1.29 is 13.6 Å². The zero-order valence-corrected chi connectivity index (χ0v) is 20.0. The van der Waals surface area contributed by atoms with Gasteiger partial charge in [-0.3, -0.25) is 4.57 Å². The van der Waals surface area contributed by atoms with Gasteiger partial charge in [-0.05, 0) is 30.7 Å². The molecule has 0 radical (unpaired) electrons. The zero-order valence-electron chi connectivity index (χ0n) is 20.0. The van der Waals surface area contributed by atoms with E-state index in [0.29, 0.717) is 44.0 Å². The molecule has 0 aliphatic carbocycles. The molecule has 1 aromatic carbocycles. The summed E-state index contributed by atoms with van der Waals surface area (Å²) >= 11 is 0. The Hall–Kier alpha value is -4.67. The molecule has 2 aromatic heterocycles. The number of hydrazone groups is 1. The first-order valence-corrected chi connectivity index (χ1v) is 11.5. The summed E-state index contributed by atoms with van der Waals surface area (Å²) < 4.78 is 30.6. The minimum absolute atomic E-state index is 0.171. The van der Waals surface area contributed by atoms with Crippen molar-refractivity contribution >= 4 is 18.2 Å². The van der Waals surface area contributed by atoms with Crippen LogP contribution in [0, 0.1) is 29.9 Å². The van der Waals surface area contributed by atoms with E-state index < -0.39 is 23.4 Å². The molecule has 3 aromatic rings. The Morgan fingerprint density at radius 3 is 2.59 bits per heavy atom. The Morgan fingerprint density at radius 1 is 1.16 bits per heavy atom. The number of aryl methyl sites for hydroxylation is 1. The van der Waals surface area contributed by atoms with Gasteiger partial charge in [0.2, 0.25) is 5.95 Å². The minimum Gasteiger partial charge on any atom is -0.337 e. The van der Waals surface area contributed by atoms with Crippen LogP contribution in [0.2, 0.25) is 0 Å². The van der Waals surface area contributed by atoms with E-state index in [1.54, 1.807) is 29.0 Å². The average molecular weight is 508 g/mol. The number of urea groups is 1. The van der Waals surface area contributed by atoms with E-state index in [-0.39, 0.29) is 23.4 Å². The molecular formula is C23H22F2N10O2. The van der Waals surface area contributed by atoms with Crippen LogP contribution in [0.3, 0.4) is 0 Å². The van der Waals surface area contributed by atoms with Crippen molar-refractivity contribution in [3.8, 4) is 11.9 Å². The van der Waals surface area contributed by atoms with Crippen LogP contribution in [-0.4, -0.2) is 72.6 Å². The standard InChI is InChI=1S/C23H22F2N10O2/c1-14-30-35(22(36)31(14)2)20-18(25)13-27-21(29-20)32-5-7-33(8-6-32)23(37)34-19(3-4-28-34)16-9-15(12-26)10-17(24)11-16/h4,9-11,13,19H,3,5-8H2,1-2H3. The smallest absolute Gasteiger partial charge is 0.337 e. The second-order valence-corrected chi connectivity index (χ2v) is 8.68. The van der Waals surface area contributed by atoms with Crippen LogP contribution in [0.25, 0.3) is 5.82 Å². The van der Waals surface area contributed by atoms with Crippen LogP contribution < -0.4 is 10.6 Å². The van der Waals surface area contributed by atoms with Gasteiger partial charge < -0.3 is 9.80 Å². The number of benzene rings is 1. The Kier molecular flexibility index (Phi) is 6.12. The number of rotatable bonds is 3. The van der Waals surface area contributed by atoms with E-state index in [1.165, 1.54) is 22.7 Å². The van der Waals surface area contributed by atoms with Crippen LogP contribution in [0.4, 0.5) is 19.5 Å². The van der Waals surface area contributed by atoms with Crippen LogP contribution in [0.1, 0.15) is 29.4 Å². The molecule has 0 N–H and O–H groups in total. The number of anilines is 1. The lowest BCUT2D eigenvalue weighted by Gasteiger charge is -2.37. The van der Waals surface area contributed by atoms with Crippen molar-refractivity contribution in [3.05, 3.63) is 63.5 Å². The van der Waals surface area contributed by atoms with E-state index in [2.05, 4.69) is 20.2 Å². The van der Waals surface area contributed by atoms with Gasteiger partial charge in [0.15, 0.2) is 11.6 Å². The van der Waals surface area contributed by atoms with Crippen molar-refractivity contribution in [3.63, 3.8) is 0 Å². The first-order chi connectivity index (χ1) is 17.8. The van der Waals surface area contributed by atoms with Gasteiger partial charge in [-0.25, -0.2) is 28.4 Å². The van der Waals surface area contributed by atoms with Crippen LogP contribution >= 0.6 is 0 Å². The van der Waals surface area contributed by atoms with Gasteiger partial charge in [0.1, 0.15) is 11.6 Å². The highest BCUT2D eigenvalue weighted by atomic mass is 19.1. The fourth-order valence-corrected chi connectivity index (χ4v) is 4.31. The summed E-state index contributed by atoms with van der Waals surface area (Å²) in [5, 5.41) is 18.7. The lowest BCUT2D eigenvalue weighted by Crippen LogP contribution is -2.52. The first kappa shape index (κ1) is 24.0. The van der Waals surface area contributed by atoms with Crippen LogP contribution in [0.15, 0.2) is 34.3 Å². The molecule has 190 valence electrons. The molecule has 1 atom stereocenters. The monoisotopic (exact) mass is 508 g/mol. The number of halogens is 2. The molecule has 1 unspecified atom stereocenters. The molecule has 37 heavy (non-hydrogen) atoms. The van der Waals surface area contributed by atoms with E-state index in [1.807, 2.05) is 6.07 Å². The van der Waals surface area contributed by atoms with Crippen molar-refractivity contribution in [2.75, 3.05) is 31.1 Å². The molecule has 1 saturated heterocycles. The third-order valence-corrected chi connectivity index (χ3v) is 6.40. The van der Waals surface area contributed by atoms with Gasteiger partial charge in [-0.15, -0.1) is 5.10 Å². The zero-order chi connectivity index (χ0) is 26.3. The summed E-state index contributed by atoms with van der Waals surface area (Å²) in [5.74, 6) is -0.976. The Bertz CT molecular complexity index is 1500. The lowest BCUT2D eigenvalue weighted by molar-refractivity contribution is 0.139. The maximum atomic E-state index is 14.5. The summed E-state index contributed by atoms with van der Waals surface area (Å²) in [6.07, 6.45) is 2.98. The second kappa shape index (κ2) is 9.41. The summed E-state index contributed by atoms with van der Waals surface area (Å²) in [6, 6.07) is 5.05. The molecule has 2 aliphatic heterocycles. The van der Waals surface area contributed by atoms with E-state index >= 15 is 0 Å². The summed E-state index contributed by atoms with van der Waals surface area (Å²) in [4.78, 5) is 37.3. The third kappa shape index (κ3) is 4.39. The van der Waals surface area contributed by atoms with Gasteiger partial charge in [-0.2, -0.15) is 20.0 Å². The van der Waals surface area contributed by atoms with Gasteiger partial charge in [0.05, 0.1) is 23.9 Å². The summed E-state index contributed by atoms with van der Waals surface area (Å²) in [6.45, 7) is 2.95. The van der Waals surface area contributed by atoms with E-state index in [9.17, 15) is 18.4 Å². The number of carbonyl (C=O) groups excluding carboxylic acids is 1. The van der Waals surface area contributed by atoms with Crippen LogP contribution in [-0.2, 0) is 7.05 Å². The second-order valence-electron chi connectivity index (χ2n) is 8.68. The number of hydrogen-bond acceptors (Lipinski definition) is 8. The molecule has 14 heteroatoms. The Labute approximate surface area is 209 Å². The maximum Gasteiger partial charge on any atom is 0.352 e. The van der Waals surface area contributed by atoms with Crippen molar-refractivity contribution in [1.29, 1.82) is 5.26 Å². The SMILES string of the molecule is Cc1nn(-c2nc(N3CCN(C(=O)N4N=CCC4c4cc(F)cc(C#N)c4)CC3)ncc2F)c(=O)n1C. The first-order valence-electron chi connectivity index (χ1n) is 11.5. The minimum atomic E-state index is -0.785. The van der Waals surface area contributed by atoms with Crippen molar-refractivity contribution in [2.24, 2.45) is 12.1 Å². The predicted molar refractivity (Wildman–Crippen MR) is 127 cm³/mol. The quantitative estimate of drug-likeness (QED) is 0.524. The molecule has 2 aliphatic rings. The summed E-state index contributed by atoms with van der Waals surface area (Å²) in [7, 11) is 1.53. The average Bonchev–Trinajstić information content (AvgIpc) is 3.49. The number of nitrogens with zero attached hydrogens (tertiary/aromatic N) is 10. The molecule has 2 amide bonds. The van der Waals surface area contributed by atoms with Gasteiger partial charge in [0, 0.05) is 45.9 Å².